The predicted octanol–water partition coefficient (Wildman–Crippen LogP) is 5.85. The van der Waals surface area contributed by atoms with Crippen LogP contribution < -0.4 is 0 Å². The number of allylic oxidation sites excluding steroid dienone is 1. The highest BCUT2D eigenvalue weighted by Gasteiger charge is 2.24. The number of nitriles is 2. The van der Waals surface area contributed by atoms with Gasteiger partial charge in [0.1, 0.15) is 23.0 Å². The molecule has 1 aromatic carbocycles. The fourth-order valence-corrected chi connectivity index (χ4v) is 5.91. The summed E-state index contributed by atoms with van der Waals surface area (Å²) in [5.41, 5.74) is 7.33. The van der Waals surface area contributed by atoms with Gasteiger partial charge in [0.15, 0.2) is 0 Å². The number of rotatable bonds is 3. The maximum Gasteiger partial charge on any atom is 0.149 e. The Bertz CT molecular complexity index is 1400. The van der Waals surface area contributed by atoms with Crippen LogP contribution in [-0.2, 0) is 12.8 Å². The molecule has 0 saturated heterocycles. The van der Waals surface area contributed by atoms with Gasteiger partial charge in [-0.3, -0.25) is 0 Å². The molecule has 0 saturated carbocycles. The van der Waals surface area contributed by atoms with Crippen molar-refractivity contribution in [1.29, 1.82) is 10.5 Å². The minimum Gasteiger partial charge on any atom is -0.337 e. The van der Waals surface area contributed by atoms with Crippen molar-refractivity contribution in [2.75, 3.05) is 0 Å². The van der Waals surface area contributed by atoms with Crippen molar-refractivity contribution in [3.8, 4) is 17.1 Å². The number of para-hydroxylation sites is 2. The third kappa shape index (κ3) is 3.17. The molecule has 0 bridgehead atoms. The van der Waals surface area contributed by atoms with Crippen molar-refractivity contribution in [3.05, 3.63) is 69.1 Å². The summed E-state index contributed by atoms with van der Waals surface area (Å²) in [6, 6.07) is 14.6. The third-order valence-corrected chi connectivity index (χ3v) is 7.28. The van der Waals surface area contributed by atoms with Crippen molar-refractivity contribution >= 4 is 34.0 Å². The standard InChI is InChI=1S/C25H21N5S/c1-15-11-17(12-18(13-26)24-28-21-8-4-5-9-22(21)29-24)16(2)30(15)25-20(14-27)19-7-3-6-10-23(19)31-25/h4-5,8-9,11-12H,3,6-7,10H2,1-2H3,(H,28,29). The molecule has 1 aliphatic rings. The number of imidazole rings is 1. The Kier molecular flexibility index (Phi) is 4.73. The second-order valence-corrected chi connectivity index (χ2v) is 9.02. The summed E-state index contributed by atoms with van der Waals surface area (Å²) in [4.78, 5) is 9.16. The molecule has 1 N–H and O–H groups in total. The van der Waals surface area contributed by atoms with Gasteiger partial charge < -0.3 is 9.55 Å². The summed E-state index contributed by atoms with van der Waals surface area (Å²) >= 11 is 1.74. The van der Waals surface area contributed by atoms with Crippen LogP contribution in [0.5, 0.6) is 0 Å². The van der Waals surface area contributed by atoms with Gasteiger partial charge in [-0.1, -0.05) is 12.1 Å². The van der Waals surface area contributed by atoms with Gasteiger partial charge in [-0.2, -0.15) is 10.5 Å². The summed E-state index contributed by atoms with van der Waals surface area (Å²) in [6.07, 6.45) is 6.28. The van der Waals surface area contributed by atoms with E-state index < -0.39 is 0 Å². The Morgan fingerprint density at radius 3 is 2.77 bits per heavy atom. The first-order chi connectivity index (χ1) is 15.1. The van der Waals surface area contributed by atoms with Gasteiger partial charge in [0.25, 0.3) is 0 Å². The first-order valence-electron chi connectivity index (χ1n) is 10.4. The number of hydrogen-bond donors (Lipinski definition) is 1. The first kappa shape index (κ1) is 19.4. The highest BCUT2D eigenvalue weighted by atomic mass is 32.1. The molecule has 4 aromatic rings. The number of aryl methyl sites for hydroxylation is 2. The van der Waals surface area contributed by atoms with Crippen molar-refractivity contribution in [2.45, 2.75) is 39.5 Å². The van der Waals surface area contributed by atoms with E-state index >= 15 is 0 Å². The van der Waals surface area contributed by atoms with E-state index in [1.165, 1.54) is 16.9 Å². The summed E-state index contributed by atoms with van der Waals surface area (Å²) < 4.78 is 2.17. The lowest BCUT2D eigenvalue weighted by atomic mass is 9.96. The number of fused-ring (bicyclic) bond motifs is 2. The van der Waals surface area contributed by atoms with Gasteiger partial charge in [-0.15, -0.1) is 11.3 Å². The Morgan fingerprint density at radius 2 is 2.00 bits per heavy atom. The molecule has 3 heterocycles. The van der Waals surface area contributed by atoms with Gasteiger partial charge >= 0.3 is 0 Å². The molecule has 0 atom stereocenters. The van der Waals surface area contributed by atoms with Crippen LogP contribution in [0.4, 0.5) is 0 Å². The second-order valence-electron chi connectivity index (χ2n) is 7.94. The molecule has 0 aliphatic heterocycles. The minimum atomic E-state index is 0.488. The second kappa shape index (κ2) is 7.58. The smallest absolute Gasteiger partial charge is 0.149 e. The zero-order chi connectivity index (χ0) is 21.5. The van der Waals surface area contributed by atoms with Gasteiger partial charge in [0.2, 0.25) is 0 Å². The number of nitrogens with zero attached hydrogens (tertiary/aromatic N) is 4. The van der Waals surface area contributed by atoms with Crippen molar-refractivity contribution in [3.63, 3.8) is 0 Å². The molecule has 6 heteroatoms. The number of nitrogens with one attached hydrogen (secondary N) is 1. The fourth-order valence-electron chi connectivity index (χ4n) is 4.46. The van der Waals surface area contributed by atoms with E-state index in [0.29, 0.717) is 11.4 Å². The van der Waals surface area contributed by atoms with E-state index in [1.54, 1.807) is 11.3 Å². The molecule has 152 valence electrons. The SMILES string of the molecule is Cc1cc(C=C(C#N)c2nc3ccccc3[nH]2)c(C)n1-c1sc2c(c1C#N)CCCC2. The molecule has 0 amide bonds. The summed E-state index contributed by atoms with van der Waals surface area (Å²) in [5.74, 6) is 0.567. The van der Waals surface area contributed by atoms with Gasteiger partial charge in [-0.05, 0) is 74.9 Å². The molecular formula is C25H21N5S. The Balaban J connectivity index is 1.62. The third-order valence-electron chi connectivity index (χ3n) is 6.00. The number of hydrogen-bond acceptors (Lipinski definition) is 4. The summed E-state index contributed by atoms with van der Waals surface area (Å²) in [5, 5.41) is 20.7. The van der Waals surface area contributed by atoms with Crippen LogP contribution in [0, 0.1) is 36.5 Å². The molecule has 0 fully saturated rings. The molecule has 0 spiro atoms. The minimum absolute atomic E-state index is 0.488. The van der Waals surface area contributed by atoms with E-state index in [2.05, 4.69) is 39.7 Å². The molecule has 0 unspecified atom stereocenters. The Labute approximate surface area is 184 Å². The normalized spacial score (nSPS) is 13.7. The van der Waals surface area contributed by atoms with E-state index in [-0.39, 0.29) is 0 Å². The average Bonchev–Trinajstić information content (AvgIpc) is 3.44. The fraction of sp³-hybridized carbons (Fsp3) is 0.240. The lowest BCUT2D eigenvalue weighted by molar-refractivity contribution is 0.695. The predicted molar refractivity (Wildman–Crippen MR) is 124 cm³/mol. The van der Waals surface area contributed by atoms with Crippen LogP contribution in [0.25, 0.3) is 27.7 Å². The van der Waals surface area contributed by atoms with Gasteiger partial charge in [0.05, 0.1) is 22.2 Å². The van der Waals surface area contributed by atoms with Crippen molar-refractivity contribution in [2.24, 2.45) is 0 Å². The average molecular weight is 424 g/mol. The molecule has 0 radical (unpaired) electrons. The van der Waals surface area contributed by atoms with Crippen LogP contribution in [-0.4, -0.2) is 14.5 Å². The first-order valence-corrected chi connectivity index (χ1v) is 11.2. The number of aromatic nitrogens is 3. The zero-order valence-corrected chi connectivity index (χ0v) is 18.3. The number of benzene rings is 1. The lowest BCUT2D eigenvalue weighted by Crippen LogP contribution is -2.02. The molecular weight excluding hydrogens is 402 g/mol. The largest absolute Gasteiger partial charge is 0.337 e. The Hall–Kier alpha value is -3.61. The molecule has 3 aromatic heterocycles. The molecule has 5 nitrogen and oxygen atoms in total. The van der Waals surface area contributed by atoms with Crippen LogP contribution >= 0.6 is 11.3 Å². The number of aromatic amines is 1. The summed E-state index contributed by atoms with van der Waals surface area (Å²) in [7, 11) is 0. The van der Waals surface area contributed by atoms with Gasteiger partial charge in [-0.25, -0.2) is 4.98 Å². The zero-order valence-electron chi connectivity index (χ0n) is 17.5. The summed E-state index contributed by atoms with van der Waals surface area (Å²) in [6.45, 7) is 4.10. The Morgan fingerprint density at radius 1 is 1.19 bits per heavy atom. The monoisotopic (exact) mass is 423 g/mol. The van der Waals surface area contributed by atoms with E-state index in [1.807, 2.05) is 37.3 Å². The highest BCUT2D eigenvalue weighted by Crippen LogP contribution is 2.38. The van der Waals surface area contributed by atoms with Crippen LogP contribution in [0.15, 0.2) is 30.3 Å². The maximum absolute atomic E-state index is 9.89. The molecule has 5 rings (SSSR count). The maximum atomic E-state index is 9.89. The van der Waals surface area contributed by atoms with Crippen LogP contribution in [0.2, 0.25) is 0 Å². The van der Waals surface area contributed by atoms with Gasteiger partial charge in [0, 0.05) is 16.3 Å². The number of H-pyrrole nitrogens is 1. The van der Waals surface area contributed by atoms with Crippen molar-refractivity contribution in [1.82, 2.24) is 14.5 Å². The quantitative estimate of drug-likeness (QED) is 0.420. The van der Waals surface area contributed by atoms with Crippen molar-refractivity contribution < 1.29 is 0 Å². The lowest BCUT2D eigenvalue weighted by Gasteiger charge is -2.10. The molecule has 31 heavy (non-hydrogen) atoms. The van der Waals surface area contributed by atoms with E-state index in [0.717, 1.165) is 57.8 Å². The molecule has 1 aliphatic carbocycles. The van der Waals surface area contributed by atoms with Crippen LogP contribution in [0.3, 0.4) is 0 Å². The number of thiophene rings is 1. The van der Waals surface area contributed by atoms with E-state index in [9.17, 15) is 10.5 Å². The topological polar surface area (TPSA) is 81.2 Å². The van der Waals surface area contributed by atoms with Crippen LogP contribution in [0.1, 0.15) is 51.6 Å². The van der Waals surface area contributed by atoms with E-state index in [4.69, 9.17) is 0 Å². The highest BCUT2D eigenvalue weighted by molar-refractivity contribution is 7.15.